The lowest BCUT2D eigenvalue weighted by molar-refractivity contribution is 0.167. The topological polar surface area (TPSA) is 171 Å². The van der Waals surface area contributed by atoms with Crippen LogP contribution >= 0.6 is 0 Å². The molecule has 11 heteroatoms. The van der Waals surface area contributed by atoms with Crippen molar-refractivity contribution in [3.05, 3.63) is 45.7 Å². The van der Waals surface area contributed by atoms with E-state index in [1.54, 1.807) is 6.07 Å². The number of hydrogen-bond donors (Lipinski definition) is 3. The van der Waals surface area contributed by atoms with Crippen molar-refractivity contribution in [1.82, 2.24) is 4.57 Å². The van der Waals surface area contributed by atoms with Crippen LogP contribution in [-0.4, -0.2) is 29.3 Å². The molecule has 0 aliphatic carbocycles. The molecule has 0 aliphatic heterocycles. The lowest BCUT2D eigenvalue weighted by Crippen LogP contribution is -2.26. The van der Waals surface area contributed by atoms with Gasteiger partial charge in [0.1, 0.15) is 11.6 Å². The van der Waals surface area contributed by atoms with Crippen molar-refractivity contribution < 1.29 is 18.6 Å². The first-order chi connectivity index (χ1) is 12.6. The van der Waals surface area contributed by atoms with Gasteiger partial charge in [0.15, 0.2) is 5.69 Å². The Kier molecular flexibility index (Phi) is 5.75. The van der Waals surface area contributed by atoms with Crippen molar-refractivity contribution in [3.8, 4) is 11.9 Å². The summed E-state index contributed by atoms with van der Waals surface area (Å²) in [5.74, 6) is -0.558. The average Bonchev–Trinajstić information content (AvgIpc) is 2.58. The molecule has 2 rings (SSSR count). The lowest BCUT2D eigenvalue weighted by atomic mass is 10.1. The molecule has 0 saturated heterocycles. The summed E-state index contributed by atoms with van der Waals surface area (Å²) >= 11 is 0. The number of benzene rings is 1. The second-order valence-electron chi connectivity index (χ2n) is 5.79. The van der Waals surface area contributed by atoms with Crippen LogP contribution in [0.1, 0.15) is 18.1 Å². The third kappa shape index (κ3) is 4.37. The molecule has 4 N–H and O–H groups in total. The summed E-state index contributed by atoms with van der Waals surface area (Å²) in [6.07, 6.45) is -0.946. The van der Waals surface area contributed by atoms with E-state index in [2.05, 4.69) is 10.2 Å². The highest BCUT2D eigenvalue weighted by molar-refractivity contribution is 7.89. The molecule has 0 saturated carbocycles. The standard InChI is InChI=1S/C16H17N5O5S/c1-9(22)8-21-15(23)13(7-17)10(2)14(16(21)24)20-19-11-3-5-12(6-4-11)27(18,25)26/h3-6,9,22-23H,8H2,1-2H3,(H2,18,25,26)/t9-/m1/s1. The number of sulfonamides is 1. The van der Waals surface area contributed by atoms with Gasteiger partial charge in [0.2, 0.25) is 15.9 Å². The van der Waals surface area contributed by atoms with Gasteiger partial charge in [-0.05, 0) is 38.1 Å². The summed E-state index contributed by atoms with van der Waals surface area (Å²) in [4.78, 5) is 12.5. The van der Waals surface area contributed by atoms with Gasteiger partial charge in [-0.1, -0.05) is 0 Å². The molecule has 1 heterocycles. The van der Waals surface area contributed by atoms with Crippen molar-refractivity contribution in [3.63, 3.8) is 0 Å². The summed E-state index contributed by atoms with van der Waals surface area (Å²) in [5.41, 5.74) is -0.689. The molecule has 0 amide bonds. The maximum absolute atomic E-state index is 12.6. The summed E-state index contributed by atoms with van der Waals surface area (Å²) in [6, 6.07) is 6.96. The van der Waals surface area contributed by atoms with Crippen LogP contribution in [0, 0.1) is 18.3 Å². The fourth-order valence-corrected chi connectivity index (χ4v) is 2.82. The first-order valence-corrected chi connectivity index (χ1v) is 9.20. The van der Waals surface area contributed by atoms with E-state index < -0.39 is 27.6 Å². The molecule has 0 spiro atoms. The molecule has 0 radical (unpaired) electrons. The van der Waals surface area contributed by atoms with Gasteiger partial charge in [-0.3, -0.25) is 9.36 Å². The summed E-state index contributed by atoms with van der Waals surface area (Å²) < 4.78 is 23.3. The molecule has 2 aromatic rings. The zero-order valence-electron chi connectivity index (χ0n) is 14.5. The number of aliphatic hydroxyl groups is 1. The van der Waals surface area contributed by atoms with Gasteiger partial charge in [-0.25, -0.2) is 13.6 Å². The molecule has 10 nitrogen and oxygen atoms in total. The minimum absolute atomic E-state index is 0.103. The van der Waals surface area contributed by atoms with Gasteiger partial charge in [0, 0.05) is 5.56 Å². The number of aromatic nitrogens is 1. The summed E-state index contributed by atoms with van der Waals surface area (Å²) in [5, 5.41) is 41.6. The number of aliphatic hydroxyl groups excluding tert-OH is 1. The Hall–Kier alpha value is -3.07. The summed E-state index contributed by atoms with van der Waals surface area (Å²) in [6.45, 7) is 2.63. The number of azo groups is 1. The van der Waals surface area contributed by atoms with Crippen LogP contribution in [0.4, 0.5) is 11.4 Å². The Morgan fingerprint density at radius 1 is 1.30 bits per heavy atom. The van der Waals surface area contributed by atoms with E-state index in [0.29, 0.717) is 0 Å². The van der Waals surface area contributed by atoms with Crippen molar-refractivity contribution >= 4 is 21.4 Å². The van der Waals surface area contributed by atoms with Crippen LogP contribution in [0.15, 0.2) is 44.2 Å². The molecule has 1 atom stereocenters. The van der Waals surface area contributed by atoms with E-state index in [1.165, 1.54) is 38.1 Å². The Labute approximate surface area is 154 Å². The maximum Gasteiger partial charge on any atom is 0.281 e. The van der Waals surface area contributed by atoms with Crippen molar-refractivity contribution in [2.45, 2.75) is 31.4 Å². The van der Waals surface area contributed by atoms with Crippen LogP contribution in [-0.2, 0) is 16.6 Å². The zero-order chi connectivity index (χ0) is 20.4. The van der Waals surface area contributed by atoms with Gasteiger partial charge >= 0.3 is 0 Å². The Balaban J connectivity index is 2.54. The first-order valence-electron chi connectivity index (χ1n) is 7.65. The number of primary sulfonamides is 1. The molecule has 0 aliphatic rings. The smallest absolute Gasteiger partial charge is 0.281 e. The monoisotopic (exact) mass is 391 g/mol. The largest absolute Gasteiger partial charge is 0.493 e. The van der Waals surface area contributed by atoms with E-state index in [1.807, 2.05) is 0 Å². The van der Waals surface area contributed by atoms with Crippen LogP contribution in [0.25, 0.3) is 0 Å². The highest BCUT2D eigenvalue weighted by atomic mass is 32.2. The van der Waals surface area contributed by atoms with Crippen molar-refractivity contribution in [1.29, 1.82) is 5.26 Å². The maximum atomic E-state index is 12.6. The fraction of sp³-hybridized carbons (Fsp3) is 0.250. The molecule has 0 bridgehead atoms. The van der Waals surface area contributed by atoms with E-state index in [4.69, 9.17) is 5.14 Å². The van der Waals surface area contributed by atoms with Crippen LogP contribution < -0.4 is 10.7 Å². The number of hydrogen-bond acceptors (Lipinski definition) is 8. The van der Waals surface area contributed by atoms with Crippen LogP contribution in [0.2, 0.25) is 0 Å². The van der Waals surface area contributed by atoms with E-state index >= 15 is 0 Å². The number of rotatable bonds is 5. The van der Waals surface area contributed by atoms with Gasteiger partial charge < -0.3 is 10.2 Å². The lowest BCUT2D eigenvalue weighted by Gasteiger charge is -2.14. The predicted molar refractivity (Wildman–Crippen MR) is 95.5 cm³/mol. The van der Waals surface area contributed by atoms with Crippen LogP contribution in [0.5, 0.6) is 5.88 Å². The zero-order valence-corrected chi connectivity index (χ0v) is 15.3. The van der Waals surface area contributed by atoms with E-state index in [-0.39, 0.29) is 33.9 Å². The minimum atomic E-state index is -3.84. The molecular formula is C16H17N5O5S. The normalized spacial score (nSPS) is 12.9. The number of aromatic hydroxyl groups is 1. The quantitative estimate of drug-likeness (QED) is 0.646. The number of pyridine rings is 1. The fourth-order valence-electron chi connectivity index (χ4n) is 2.30. The summed E-state index contributed by atoms with van der Waals surface area (Å²) in [7, 11) is -3.84. The third-order valence-electron chi connectivity index (χ3n) is 3.65. The third-order valence-corrected chi connectivity index (χ3v) is 4.58. The number of nitrogens with two attached hydrogens (primary N) is 1. The SMILES string of the molecule is Cc1c(C#N)c(O)n(C[C@@H](C)O)c(=O)c1N=Nc1ccc(S(N)(=O)=O)cc1. The molecule has 27 heavy (non-hydrogen) atoms. The van der Waals surface area contributed by atoms with Crippen molar-refractivity contribution in [2.75, 3.05) is 0 Å². The predicted octanol–water partition coefficient (Wildman–Crippen LogP) is 1.18. The van der Waals surface area contributed by atoms with Gasteiger partial charge in [-0.15, -0.1) is 5.11 Å². The van der Waals surface area contributed by atoms with Gasteiger partial charge in [0.25, 0.3) is 5.56 Å². The molecule has 142 valence electrons. The number of nitrogens with zero attached hydrogens (tertiary/aromatic N) is 4. The van der Waals surface area contributed by atoms with E-state index in [9.17, 15) is 28.7 Å². The Bertz CT molecular complexity index is 1100. The highest BCUT2D eigenvalue weighted by Crippen LogP contribution is 2.27. The molecule has 1 aromatic heterocycles. The second kappa shape index (κ2) is 7.67. The van der Waals surface area contributed by atoms with E-state index in [0.717, 1.165) is 4.57 Å². The van der Waals surface area contributed by atoms with Crippen molar-refractivity contribution in [2.24, 2.45) is 15.4 Å². The highest BCUT2D eigenvalue weighted by Gasteiger charge is 2.20. The second-order valence-corrected chi connectivity index (χ2v) is 7.35. The van der Waals surface area contributed by atoms with Gasteiger partial charge in [-0.2, -0.15) is 10.4 Å². The Morgan fingerprint density at radius 3 is 2.37 bits per heavy atom. The average molecular weight is 391 g/mol. The van der Waals surface area contributed by atoms with Gasteiger partial charge in [0.05, 0.1) is 23.2 Å². The molecule has 0 unspecified atom stereocenters. The minimum Gasteiger partial charge on any atom is -0.493 e. The Morgan fingerprint density at radius 2 is 1.89 bits per heavy atom. The molecule has 0 fully saturated rings. The molecule has 1 aromatic carbocycles. The first kappa shape index (κ1) is 20.2. The molecular weight excluding hydrogens is 374 g/mol. The van der Waals surface area contributed by atoms with Crippen LogP contribution in [0.3, 0.4) is 0 Å². The number of nitriles is 1.